The second kappa shape index (κ2) is 2.49. The van der Waals surface area contributed by atoms with E-state index in [1.165, 1.54) is 0 Å². The maximum absolute atomic E-state index is 12.2. The molecule has 0 saturated carbocycles. The molecule has 1 aromatic rings. The molecule has 0 radical (unpaired) electrons. The molecule has 0 fully saturated rings. The molecule has 1 aromatic heterocycles. The van der Waals surface area contributed by atoms with Gasteiger partial charge in [0.25, 0.3) is 5.95 Å². The topological polar surface area (TPSA) is 38.9 Å². The highest BCUT2D eigenvalue weighted by Crippen LogP contribution is 2.18. The first-order chi connectivity index (χ1) is 4.61. The highest BCUT2D eigenvalue weighted by atomic mass is 79.9. The lowest BCUT2D eigenvalue weighted by Gasteiger charge is -1.96. The van der Waals surface area contributed by atoms with E-state index in [1.54, 1.807) is 0 Å². The Morgan fingerprint density at radius 3 is 2.60 bits per heavy atom. The highest BCUT2D eigenvalue weighted by molar-refractivity contribution is 9.10. The highest BCUT2D eigenvalue weighted by Gasteiger charge is 2.05. The van der Waals surface area contributed by atoms with E-state index < -0.39 is 11.8 Å². The maximum atomic E-state index is 12.2. The molecule has 0 aliphatic carbocycles. The largest absolute Gasteiger partial charge is 0.383 e. The number of aromatic nitrogens is 1. The van der Waals surface area contributed by atoms with Gasteiger partial charge in [0.05, 0.1) is 4.47 Å². The van der Waals surface area contributed by atoms with Crippen LogP contribution in [-0.4, -0.2) is 4.98 Å². The van der Waals surface area contributed by atoms with Crippen molar-refractivity contribution in [2.45, 2.75) is 0 Å². The van der Waals surface area contributed by atoms with Crippen LogP contribution in [0.1, 0.15) is 0 Å². The summed E-state index contributed by atoms with van der Waals surface area (Å²) < 4.78 is 24.7. The number of halogens is 3. The second-order valence-electron chi connectivity index (χ2n) is 1.63. The van der Waals surface area contributed by atoms with E-state index >= 15 is 0 Å². The summed E-state index contributed by atoms with van der Waals surface area (Å²) in [6, 6.07) is 0.928. The third kappa shape index (κ3) is 1.23. The van der Waals surface area contributed by atoms with E-state index in [0.717, 1.165) is 6.07 Å². The minimum absolute atomic E-state index is 0.0566. The molecule has 0 amide bonds. The van der Waals surface area contributed by atoms with Gasteiger partial charge in [-0.3, -0.25) is 0 Å². The number of nitrogens with zero attached hydrogens (tertiary/aromatic N) is 1. The van der Waals surface area contributed by atoms with Gasteiger partial charge >= 0.3 is 0 Å². The predicted molar refractivity (Wildman–Crippen MR) is 36.3 cm³/mol. The van der Waals surface area contributed by atoms with E-state index in [4.69, 9.17) is 5.73 Å². The molecule has 0 bridgehead atoms. The minimum Gasteiger partial charge on any atom is -0.383 e. The Morgan fingerprint density at radius 2 is 2.10 bits per heavy atom. The molecule has 2 N–H and O–H groups in total. The van der Waals surface area contributed by atoms with Crippen LogP contribution < -0.4 is 5.73 Å². The quantitative estimate of drug-likeness (QED) is 0.660. The fraction of sp³-hybridized carbons (Fsp3) is 0. The van der Waals surface area contributed by atoms with Crippen LogP contribution >= 0.6 is 15.9 Å². The fourth-order valence-electron chi connectivity index (χ4n) is 0.457. The zero-order chi connectivity index (χ0) is 7.72. The van der Waals surface area contributed by atoms with Gasteiger partial charge in [0.2, 0.25) is 0 Å². The number of anilines is 1. The summed E-state index contributed by atoms with van der Waals surface area (Å²) >= 11 is 2.89. The minimum atomic E-state index is -1.18. The van der Waals surface area contributed by atoms with Crippen LogP contribution in [0.2, 0.25) is 0 Å². The summed E-state index contributed by atoms with van der Waals surface area (Å²) in [6.45, 7) is 0. The van der Waals surface area contributed by atoms with Crippen molar-refractivity contribution >= 4 is 21.7 Å². The summed E-state index contributed by atoms with van der Waals surface area (Å²) in [5, 5.41) is 0. The number of hydrogen-bond donors (Lipinski definition) is 1. The van der Waals surface area contributed by atoms with Gasteiger partial charge < -0.3 is 5.73 Å². The first-order valence-electron chi connectivity index (χ1n) is 2.38. The molecular formula is C5H3BrF2N2. The van der Waals surface area contributed by atoms with Crippen LogP contribution in [-0.2, 0) is 0 Å². The average molecular weight is 209 g/mol. The molecule has 0 saturated heterocycles. The number of pyridine rings is 1. The average Bonchev–Trinajstić information content (AvgIpc) is 1.84. The van der Waals surface area contributed by atoms with E-state index in [0.29, 0.717) is 0 Å². The Bertz CT molecular complexity index is 214. The van der Waals surface area contributed by atoms with Crippen LogP contribution in [0.15, 0.2) is 10.5 Å². The van der Waals surface area contributed by atoms with Crippen molar-refractivity contribution in [3.63, 3.8) is 0 Å². The molecule has 1 heterocycles. The van der Waals surface area contributed by atoms with Gasteiger partial charge in [-0.1, -0.05) is 0 Å². The molecule has 0 atom stereocenters. The lowest BCUT2D eigenvalue weighted by Crippen LogP contribution is -1.96. The first-order valence-corrected chi connectivity index (χ1v) is 3.17. The number of nitrogen functional groups attached to an aromatic ring is 1. The van der Waals surface area contributed by atoms with E-state index in [1.807, 2.05) is 0 Å². The third-order valence-corrected chi connectivity index (χ3v) is 1.55. The van der Waals surface area contributed by atoms with E-state index in [9.17, 15) is 8.78 Å². The SMILES string of the molecule is Nc1nc(F)c(F)cc1Br. The Morgan fingerprint density at radius 1 is 1.50 bits per heavy atom. The van der Waals surface area contributed by atoms with Crippen molar-refractivity contribution in [3.8, 4) is 0 Å². The molecule has 0 aromatic carbocycles. The van der Waals surface area contributed by atoms with Gasteiger partial charge in [0.1, 0.15) is 5.82 Å². The number of rotatable bonds is 0. The first kappa shape index (κ1) is 7.40. The standard InChI is InChI=1S/C5H3BrF2N2/c6-2-1-3(7)4(8)10-5(2)9/h1H,(H2,9,10). The van der Waals surface area contributed by atoms with Crippen LogP contribution in [0.3, 0.4) is 0 Å². The normalized spacial score (nSPS) is 9.90. The summed E-state index contributed by atoms with van der Waals surface area (Å²) in [4.78, 5) is 3.06. The van der Waals surface area contributed by atoms with Crippen molar-refractivity contribution in [2.75, 3.05) is 5.73 Å². The van der Waals surface area contributed by atoms with Crippen molar-refractivity contribution in [1.29, 1.82) is 0 Å². The number of hydrogen-bond acceptors (Lipinski definition) is 2. The zero-order valence-corrected chi connectivity index (χ0v) is 6.32. The molecule has 5 heteroatoms. The van der Waals surface area contributed by atoms with Gasteiger partial charge in [-0.15, -0.1) is 0 Å². The molecule has 1 rings (SSSR count). The van der Waals surface area contributed by atoms with Gasteiger partial charge in [-0.2, -0.15) is 9.37 Å². The second-order valence-corrected chi connectivity index (χ2v) is 2.48. The summed E-state index contributed by atoms with van der Waals surface area (Å²) in [6.07, 6.45) is 0. The summed E-state index contributed by atoms with van der Waals surface area (Å²) in [5.41, 5.74) is 5.12. The molecule has 10 heavy (non-hydrogen) atoms. The van der Waals surface area contributed by atoms with Crippen molar-refractivity contribution in [2.24, 2.45) is 0 Å². The van der Waals surface area contributed by atoms with Gasteiger partial charge in [-0.05, 0) is 22.0 Å². The molecule has 0 aliphatic rings. The van der Waals surface area contributed by atoms with Crippen molar-refractivity contribution in [3.05, 3.63) is 22.3 Å². The number of nitrogens with two attached hydrogens (primary N) is 1. The molecule has 0 spiro atoms. The monoisotopic (exact) mass is 208 g/mol. The van der Waals surface area contributed by atoms with Crippen molar-refractivity contribution in [1.82, 2.24) is 4.98 Å². The lowest BCUT2D eigenvalue weighted by molar-refractivity contribution is 0.480. The third-order valence-electron chi connectivity index (χ3n) is 0.914. The van der Waals surface area contributed by atoms with Crippen LogP contribution in [0.4, 0.5) is 14.6 Å². The lowest BCUT2D eigenvalue weighted by atomic mass is 10.4. The van der Waals surface area contributed by atoms with Crippen LogP contribution in [0.25, 0.3) is 0 Å². The maximum Gasteiger partial charge on any atom is 0.250 e. The predicted octanol–water partition coefficient (Wildman–Crippen LogP) is 1.70. The Kier molecular flexibility index (Phi) is 1.85. The smallest absolute Gasteiger partial charge is 0.250 e. The summed E-state index contributed by atoms with van der Waals surface area (Å²) in [7, 11) is 0. The molecule has 54 valence electrons. The Hall–Kier alpha value is -0.710. The van der Waals surface area contributed by atoms with Crippen molar-refractivity contribution < 1.29 is 8.78 Å². The van der Waals surface area contributed by atoms with Gasteiger partial charge in [0, 0.05) is 0 Å². The Labute approximate surface area is 64.2 Å². The fourth-order valence-corrected chi connectivity index (χ4v) is 0.747. The molecule has 0 unspecified atom stereocenters. The van der Waals surface area contributed by atoms with Crippen LogP contribution in [0.5, 0.6) is 0 Å². The molecule has 0 aliphatic heterocycles. The summed E-state index contributed by atoms with van der Waals surface area (Å²) in [5.74, 6) is -2.25. The molecular weight excluding hydrogens is 206 g/mol. The van der Waals surface area contributed by atoms with E-state index in [-0.39, 0.29) is 10.3 Å². The van der Waals surface area contributed by atoms with Gasteiger partial charge in [0.15, 0.2) is 5.82 Å². The molecule has 2 nitrogen and oxygen atoms in total. The van der Waals surface area contributed by atoms with Gasteiger partial charge in [-0.25, -0.2) is 4.39 Å². The Balaban J connectivity index is 3.28. The zero-order valence-electron chi connectivity index (χ0n) is 4.74. The van der Waals surface area contributed by atoms with E-state index in [2.05, 4.69) is 20.9 Å². The van der Waals surface area contributed by atoms with Crippen LogP contribution in [0, 0.1) is 11.8 Å².